The molecule has 3 amide bonds. The number of nitrogens with zero attached hydrogens (tertiary/aromatic N) is 7. The summed E-state index contributed by atoms with van der Waals surface area (Å²) in [4.78, 5) is 58.8. The number of amides is 3. The van der Waals surface area contributed by atoms with Crippen molar-refractivity contribution in [3.05, 3.63) is 102 Å². The number of para-hydroxylation sites is 1. The van der Waals surface area contributed by atoms with Crippen LogP contribution in [0.1, 0.15) is 102 Å². The van der Waals surface area contributed by atoms with Crippen LogP contribution in [0.4, 0.5) is 5.82 Å². The average Bonchev–Trinajstić information content (AvgIpc) is 4.15. The van der Waals surface area contributed by atoms with Crippen LogP contribution in [-0.2, 0) is 30.4 Å². The normalized spacial score (nSPS) is 16.8. The topological polar surface area (TPSA) is 212 Å². The second-order valence-electron chi connectivity index (χ2n) is 20.8. The van der Waals surface area contributed by atoms with Crippen LogP contribution >= 0.6 is 11.3 Å². The summed E-state index contributed by atoms with van der Waals surface area (Å²) in [5, 5.41) is 22.3. The van der Waals surface area contributed by atoms with E-state index in [1.165, 1.54) is 17.6 Å². The van der Waals surface area contributed by atoms with Gasteiger partial charge in [-0.05, 0) is 111 Å². The Morgan fingerprint density at radius 1 is 0.827 bits per heavy atom. The van der Waals surface area contributed by atoms with Crippen molar-refractivity contribution in [1.82, 2.24) is 45.2 Å². The maximum absolute atomic E-state index is 14.0. The quantitative estimate of drug-likeness (QED) is 0.0397. The van der Waals surface area contributed by atoms with Gasteiger partial charge in [-0.25, -0.2) is 19.6 Å². The minimum absolute atomic E-state index is 0.0111. The number of rotatable bonds is 25. The lowest BCUT2D eigenvalue weighted by Crippen LogP contribution is -2.58. The van der Waals surface area contributed by atoms with Crippen LogP contribution in [0.15, 0.2) is 90.7 Å². The number of nitrogens with one attached hydrogen (secondary N) is 2. The molecule has 400 valence electrons. The summed E-state index contributed by atoms with van der Waals surface area (Å²) >= 11 is 1.58. The van der Waals surface area contributed by atoms with Gasteiger partial charge in [-0.1, -0.05) is 76.1 Å². The molecule has 0 bridgehead atoms. The predicted molar refractivity (Wildman–Crippen MR) is 292 cm³/mol. The Bertz CT molecular complexity index is 2770. The summed E-state index contributed by atoms with van der Waals surface area (Å²) in [7, 11) is 0. The summed E-state index contributed by atoms with van der Waals surface area (Å²) in [6, 6.07) is 24.0. The highest BCUT2D eigenvalue weighted by molar-refractivity contribution is 7.13. The van der Waals surface area contributed by atoms with E-state index >= 15 is 0 Å². The van der Waals surface area contributed by atoms with Crippen molar-refractivity contribution in [2.24, 2.45) is 5.41 Å². The van der Waals surface area contributed by atoms with E-state index in [-0.39, 0.29) is 38.1 Å². The van der Waals surface area contributed by atoms with Crippen LogP contribution in [0.25, 0.3) is 32.7 Å². The first-order valence-corrected chi connectivity index (χ1v) is 27.4. The van der Waals surface area contributed by atoms with Crippen LogP contribution in [-0.4, -0.2) is 128 Å². The number of likely N-dealkylation sites (tertiary alicyclic amines) is 2. The SMILES string of the molecule is Cc1ncsc1-c1ccc(CNC(=O)[C@@H]2C[C@@H](O)CN2C(=O)C(NC(=O)COCCCCCOCCCCCCN2CCC(n3nc(-c4ccc(Oc5ccccc5)cc4)c4c(N)ncnc43)CC2)C(C)(C)C)cc1. The van der Waals surface area contributed by atoms with Crippen LogP contribution in [0.3, 0.4) is 0 Å². The van der Waals surface area contributed by atoms with Gasteiger partial charge in [0.1, 0.15) is 48.0 Å². The number of ether oxygens (including phenoxy) is 3. The molecule has 2 saturated heterocycles. The van der Waals surface area contributed by atoms with E-state index in [0.717, 1.165) is 133 Å². The number of β-amino-alcohol motifs (C(OH)–C–C–N with tert-alkyl or cyclic N) is 1. The molecule has 0 spiro atoms. The summed E-state index contributed by atoms with van der Waals surface area (Å²) < 4.78 is 19.7. The van der Waals surface area contributed by atoms with E-state index in [4.69, 9.17) is 25.0 Å². The largest absolute Gasteiger partial charge is 0.457 e. The Balaban J connectivity index is 0.658. The van der Waals surface area contributed by atoms with Gasteiger partial charge in [0, 0.05) is 58.0 Å². The van der Waals surface area contributed by atoms with Crippen molar-refractivity contribution in [2.45, 2.75) is 123 Å². The Labute approximate surface area is 444 Å². The number of aliphatic hydroxyl groups excluding tert-OH is 1. The van der Waals surface area contributed by atoms with Crippen LogP contribution in [0.5, 0.6) is 11.5 Å². The smallest absolute Gasteiger partial charge is 0.246 e. The molecule has 2 aliphatic heterocycles. The molecule has 8 rings (SSSR count). The van der Waals surface area contributed by atoms with E-state index in [0.29, 0.717) is 19.0 Å². The number of anilines is 1. The van der Waals surface area contributed by atoms with E-state index in [1.54, 1.807) is 11.3 Å². The molecule has 3 aromatic heterocycles. The number of thiazole rings is 1. The molecule has 5 heterocycles. The molecule has 3 atom stereocenters. The summed E-state index contributed by atoms with van der Waals surface area (Å²) in [5.74, 6) is 0.801. The first-order valence-electron chi connectivity index (χ1n) is 26.6. The van der Waals surface area contributed by atoms with Crippen molar-refractivity contribution >= 4 is 45.9 Å². The molecule has 2 fully saturated rings. The van der Waals surface area contributed by atoms with Crippen LogP contribution in [0.2, 0.25) is 0 Å². The van der Waals surface area contributed by atoms with Gasteiger partial charge in [0.15, 0.2) is 5.65 Å². The second-order valence-corrected chi connectivity index (χ2v) is 21.7. The lowest BCUT2D eigenvalue weighted by atomic mass is 9.85. The zero-order chi connectivity index (χ0) is 52.7. The minimum atomic E-state index is -0.918. The van der Waals surface area contributed by atoms with Gasteiger partial charge in [0.25, 0.3) is 0 Å². The van der Waals surface area contributed by atoms with E-state index in [2.05, 4.69) is 35.2 Å². The molecule has 1 unspecified atom stereocenters. The van der Waals surface area contributed by atoms with Gasteiger partial charge in [-0.15, -0.1) is 11.3 Å². The molecule has 75 heavy (non-hydrogen) atoms. The third-order valence-corrected chi connectivity index (χ3v) is 15.0. The van der Waals surface area contributed by atoms with Gasteiger partial charge in [-0.2, -0.15) is 5.10 Å². The standard InChI is InChI=1S/C57H74N10O7S/c1-39-51(75-38-62-39)42-19-17-40(18-20-42)34-59-55(70)47-33-44(68)35-66(47)56(71)52(57(2,3)4)63-48(69)36-73-32-14-8-13-31-72-30-12-6-5-11-27-65-28-25-43(26-29-65)67-54-49(53(58)60-37-61-54)50(64-67)41-21-23-46(24-22-41)74-45-15-9-7-10-16-45/h7,9-10,15-24,37-38,43-44,47,52,68H,5-6,8,11-14,25-36H2,1-4H3,(H,59,70)(H,63,69)(H2,58,60,61)/t44-,47+,52?/m1/s1. The molecular formula is C57H74N10O7S. The molecule has 0 aliphatic carbocycles. The number of hydrogen-bond acceptors (Lipinski definition) is 14. The third-order valence-electron chi connectivity index (χ3n) is 14.1. The number of hydrogen-bond donors (Lipinski definition) is 4. The van der Waals surface area contributed by atoms with Crippen molar-refractivity contribution in [3.63, 3.8) is 0 Å². The molecule has 17 nitrogen and oxygen atoms in total. The Morgan fingerprint density at radius 2 is 1.49 bits per heavy atom. The van der Waals surface area contributed by atoms with E-state index < -0.39 is 35.4 Å². The number of piperidine rings is 1. The lowest BCUT2D eigenvalue weighted by Gasteiger charge is -2.35. The van der Waals surface area contributed by atoms with Crippen molar-refractivity contribution in [2.75, 3.05) is 58.3 Å². The molecule has 6 aromatic rings. The number of nitrogen functional groups attached to an aromatic ring is 1. The average molecular weight is 1040 g/mol. The number of aliphatic hydroxyl groups is 1. The maximum Gasteiger partial charge on any atom is 0.246 e. The number of fused-ring (bicyclic) bond motifs is 1. The zero-order valence-electron chi connectivity index (χ0n) is 43.9. The van der Waals surface area contributed by atoms with Crippen LogP contribution in [0, 0.1) is 12.3 Å². The summed E-state index contributed by atoms with van der Waals surface area (Å²) in [5.41, 5.74) is 13.0. The third kappa shape index (κ3) is 15.0. The van der Waals surface area contributed by atoms with E-state index in [1.807, 2.05) is 112 Å². The highest BCUT2D eigenvalue weighted by Gasteiger charge is 2.44. The van der Waals surface area contributed by atoms with Gasteiger partial charge >= 0.3 is 0 Å². The van der Waals surface area contributed by atoms with Gasteiger partial charge in [0.2, 0.25) is 17.7 Å². The fourth-order valence-corrected chi connectivity index (χ4v) is 10.7. The fraction of sp³-hybridized carbons (Fsp3) is 0.491. The highest BCUT2D eigenvalue weighted by atomic mass is 32.1. The number of aryl methyl sites for hydroxylation is 1. The second kappa shape index (κ2) is 26.4. The first kappa shape index (κ1) is 54.9. The van der Waals surface area contributed by atoms with Crippen molar-refractivity contribution in [1.29, 1.82) is 0 Å². The Hall–Kier alpha value is -6.31. The molecule has 5 N–H and O–H groups in total. The van der Waals surface area contributed by atoms with Crippen molar-refractivity contribution in [3.8, 4) is 33.2 Å². The number of nitrogens with two attached hydrogens (primary N) is 1. The number of carbonyl (C=O) groups is 3. The number of benzene rings is 3. The number of carbonyl (C=O) groups excluding carboxylic acids is 3. The minimum Gasteiger partial charge on any atom is -0.457 e. The summed E-state index contributed by atoms with van der Waals surface area (Å²) in [6.07, 6.45) is 9.89. The molecule has 0 radical (unpaired) electrons. The maximum atomic E-state index is 14.0. The van der Waals surface area contributed by atoms with Gasteiger partial charge in [0.05, 0.1) is 33.6 Å². The Morgan fingerprint density at radius 3 is 2.19 bits per heavy atom. The molecular weight excluding hydrogens is 969 g/mol. The Kier molecular flexibility index (Phi) is 19.4. The van der Waals surface area contributed by atoms with Crippen LogP contribution < -0.4 is 21.1 Å². The lowest BCUT2D eigenvalue weighted by molar-refractivity contribution is -0.144. The zero-order valence-corrected chi connectivity index (χ0v) is 44.7. The van der Waals surface area contributed by atoms with Gasteiger partial charge < -0.3 is 45.5 Å². The predicted octanol–water partition coefficient (Wildman–Crippen LogP) is 8.51. The molecule has 3 aromatic carbocycles. The first-order chi connectivity index (χ1) is 36.3. The molecule has 0 saturated carbocycles. The van der Waals surface area contributed by atoms with Crippen molar-refractivity contribution < 1.29 is 33.7 Å². The number of unbranched alkanes of at least 4 members (excludes halogenated alkanes) is 5. The highest BCUT2D eigenvalue weighted by Crippen LogP contribution is 2.36. The van der Waals surface area contributed by atoms with E-state index in [9.17, 15) is 19.5 Å². The van der Waals surface area contributed by atoms with Gasteiger partial charge in [-0.3, -0.25) is 14.4 Å². The molecule has 18 heteroatoms. The fourth-order valence-electron chi connectivity index (χ4n) is 9.87. The molecule has 2 aliphatic rings. The summed E-state index contributed by atoms with van der Waals surface area (Å²) in [6.45, 7) is 12.6. The monoisotopic (exact) mass is 1040 g/mol. The number of aromatic nitrogens is 5.